The molecule has 1 aliphatic carbocycles. The van der Waals surface area contributed by atoms with Gasteiger partial charge in [0, 0.05) is 19.4 Å². The summed E-state index contributed by atoms with van der Waals surface area (Å²) < 4.78 is 10.5. The summed E-state index contributed by atoms with van der Waals surface area (Å²) in [4.78, 5) is 11.9. The molecule has 3 nitrogen and oxygen atoms in total. The van der Waals surface area contributed by atoms with Crippen LogP contribution in [0.4, 0.5) is 0 Å². The predicted octanol–water partition coefficient (Wildman–Crippen LogP) is 2.92. The maximum Gasteiger partial charge on any atom is 0.184 e. The number of hydrogen-bond acceptors (Lipinski definition) is 3. The van der Waals surface area contributed by atoms with Crippen molar-refractivity contribution in [1.29, 1.82) is 0 Å². The maximum atomic E-state index is 11.9. The molecule has 1 aliphatic heterocycles. The molecule has 0 amide bonds. The number of ketones is 1. The number of unbranched alkanes of at least 4 members (excludes halogenated alkanes) is 2. The Bertz CT molecular complexity index is 264. The second kappa shape index (κ2) is 5.96. The van der Waals surface area contributed by atoms with Crippen LogP contribution in [0.2, 0.25) is 0 Å². The lowest BCUT2D eigenvalue weighted by Crippen LogP contribution is -2.17. The Balaban J connectivity index is 1.77. The Hall–Kier alpha value is -0.410. The van der Waals surface area contributed by atoms with Crippen molar-refractivity contribution in [2.75, 3.05) is 7.11 Å². The molecule has 3 heteroatoms. The van der Waals surface area contributed by atoms with Crippen molar-refractivity contribution in [3.8, 4) is 0 Å². The first-order chi connectivity index (χ1) is 8.26. The number of Topliss-reactive ketones (excluding diaryl/α,β-unsaturated/α-hetero) is 1. The summed E-state index contributed by atoms with van der Waals surface area (Å²) in [5.74, 6) is 1.34. The third-order valence-corrected chi connectivity index (χ3v) is 4.17. The van der Waals surface area contributed by atoms with Crippen molar-refractivity contribution >= 4 is 5.78 Å². The van der Waals surface area contributed by atoms with Crippen molar-refractivity contribution in [2.24, 2.45) is 11.8 Å². The van der Waals surface area contributed by atoms with E-state index in [1.54, 1.807) is 7.11 Å². The maximum absolute atomic E-state index is 11.9. The number of ether oxygens (including phenoxy) is 2. The Kier molecular flexibility index (Phi) is 4.57. The molecule has 0 aromatic rings. The zero-order valence-electron chi connectivity index (χ0n) is 11.0. The number of carbonyl (C=O) groups is 1. The van der Waals surface area contributed by atoms with Crippen LogP contribution >= 0.6 is 0 Å². The van der Waals surface area contributed by atoms with Crippen molar-refractivity contribution in [3.63, 3.8) is 0 Å². The molecule has 2 fully saturated rings. The van der Waals surface area contributed by atoms with E-state index in [1.165, 1.54) is 19.3 Å². The molecule has 2 rings (SSSR count). The van der Waals surface area contributed by atoms with Crippen LogP contribution in [0.15, 0.2) is 0 Å². The molecule has 2 aliphatic rings. The molecule has 1 saturated carbocycles. The lowest BCUT2D eigenvalue weighted by Gasteiger charge is -2.17. The molecule has 0 aromatic carbocycles. The molecule has 0 bridgehead atoms. The first-order valence-electron chi connectivity index (χ1n) is 6.97. The minimum Gasteiger partial charge on any atom is -0.353 e. The highest BCUT2D eigenvalue weighted by Gasteiger charge is 2.44. The molecule has 0 aromatic heterocycles. The summed E-state index contributed by atoms with van der Waals surface area (Å²) in [6.07, 6.45) is 7.87. The van der Waals surface area contributed by atoms with Gasteiger partial charge in [0.25, 0.3) is 0 Å². The number of rotatable bonds is 7. The number of methoxy groups -OCH3 is 1. The zero-order chi connectivity index (χ0) is 12.3. The normalized spacial score (nSPS) is 36.5. The minimum absolute atomic E-state index is 0.00185. The summed E-state index contributed by atoms with van der Waals surface area (Å²) in [6.45, 7) is 2.20. The molecular weight excluding hydrogens is 216 g/mol. The molecule has 4 atom stereocenters. The molecule has 98 valence electrons. The molecule has 0 spiro atoms. The van der Waals surface area contributed by atoms with Gasteiger partial charge in [0.15, 0.2) is 6.29 Å². The quantitative estimate of drug-likeness (QED) is 0.507. The largest absolute Gasteiger partial charge is 0.353 e. The first-order valence-corrected chi connectivity index (χ1v) is 6.97. The van der Waals surface area contributed by atoms with Gasteiger partial charge < -0.3 is 9.47 Å². The Morgan fingerprint density at radius 2 is 2.24 bits per heavy atom. The third-order valence-electron chi connectivity index (χ3n) is 4.17. The van der Waals surface area contributed by atoms with E-state index in [2.05, 4.69) is 6.92 Å². The van der Waals surface area contributed by atoms with Crippen LogP contribution in [0, 0.1) is 11.8 Å². The molecule has 1 saturated heterocycles. The number of carbonyl (C=O) groups excluding carboxylic acids is 1. The highest BCUT2D eigenvalue weighted by molar-refractivity contribution is 5.83. The standard InChI is InChI=1S/C14H24O3/c1-3-4-5-6-11-10(7-8-12(11)15)9-13-14(16-2)17-13/h10-11,13-14H,3-9H2,1-2H3. The van der Waals surface area contributed by atoms with E-state index in [0.717, 1.165) is 25.7 Å². The predicted molar refractivity (Wildman–Crippen MR) is 65.7 cm³/mol. The van der Waals surface area contributed by atoms with Gasteiger partial charge in [-0.25, -0.2) is 0 Å². The van der Waals surface area contributed by atoms with Gasteiger partial charge in [0.1, 0.15) is 11.9 Å². The van der Waals surface area contributed by atoms with Crippen LogP contribution in [-0.2, 0) is 14.3 Å². The van der Waals surface area contributed by atoms with Gasteiger partial charge in [0.2, 0.25) is 0 Å². The SMILES string of the molecule is CCCCCC1C(=O)CCC1CC1OC1OC. The van der Waals surface area contributed by atoms with Crippen LogP contribution in [-0.4, -0.2) is 25.3 Å². The monoisotopic (exact) mass is 240 g/mol. The van der Waals surface area contributed by atoms with Crippen molar-refractivity contribution in [3.05, 3.63) is 0 Å². The lowest BCUT2D eigenvalue weighted by atomic mass is 9.87. The van der Waals surface area contributed by atoms with E-state index in [1.807, 2.05) is 0 Å². The van der Waals surface area contributed by atoms with E-state index < -0.39 is 0 Å². The number of epoxide rings is 1. The fraction of sp³-hybridized carbons (Fsp3) is 0.929. The third kappa shape index (κ3) is 3.29. The van der Waals surface area contributed by atoms with Crippen LogP contribution in [0.25, 0.3) is 0 Å². The smallest absolute Gasteiger partial charge is 0.184 e. The Morgan fingerprint density at radius 1 is 1.41 bits per heavy atom. The van der Waals surface area contributed by atoms with Crippen LogP contribution < -0.4 is 0 Å². The van der Waals surface area contributed by atoms with E-state index in [0.29, 0.717) is 17.6 Å². The average Bonchev–Trinajstić information content (AvgIpc) is 3.00. The van der Waals surface area contributed by atoms with Crippen molar-refractivity contribution in [1.82, 2.24) is 0 Å². The molecule has 0 radical (unpaired) electrons. The molecule has 4 unspecified atom stereocenters. The van der Waals surface area contributed by atoms with Gasteiger partial charge in [-0.3, -0.25) is 4.79 Å². The van der Waals surface area contributed by atoms with Gasteiger partial charge in [-0.2, -0.15) is 0 Å². The second-order valence-corrected chi connectivity index (χ2v) is 5.38. The molecule has 17 heavy (non-hydrogen) atoms. The fourth-order valence-corrected chi connectivity index (χ4v) is 3.07. The summed E-state index contributed by atoms with van der Waals surface area (Å²) >= 11 is 0. The van der Waals surface area contributed by atoms with E-state index in [-0.39, 0.29) is 12.4 Å². The van der Waals surface area contributed by atoms with E-state index in [9.17, 15) is 4.79 Å². The first kappa shape index (κ1) is 13.0. The Labute approximate surface area is 104 Å². The van der Waals surface area contributed by atoms with Crippen LogP contribution in [0.5, 0.6) is 0 Å². The van der Waals surface area contributed by atoms with Gasteiger partial charge in [0.05, 0.1) is 0 Å². The van der Waals surface area contributed by atoms with Crippen LogP contribution in [0.1, 0.15) is 51.9 Å². The van der Waals surface area contributed by atoms with Crippen molar-refractivity contribution < 1.29 is 14.3 Å². The fourth-order valence-electron chi connectivity index (χ4n) is 3.07. The highest BCUT2D eigenvalue weighted by atomic mass is 16.8. The van der Waals surface area contributed by atoms with Gasteiger partial charge >= 0.3 is 0 Å². The van der Waals surface area contributed by atoms with E-state index >= 15 is 0 Å². The van der Waals surface area contributed by atoms with Gasteiger partial charge in [-0.15, -0.1) is 0 Å². The average molecular weight is 240 g/mol. The Morgan fingerprint density at radius 3 is 2.88 bits per heavy atom. The highest BCUT2D eigenvalue weighted by Crippen LogP contribution is 2.40. The summed E-state index contributed by atoms with van der Waals surface area (Å²) in [6, 6.07) is 0. The topological polar surface area (TPSA) is 38.8 Å². The van der Waals surface area contributed by atoms with Crippen molar-refractivity contribution in [2.45, 2.75) is 64.3 Å². The van der Waals surface area contributed by atoms with Gasteiger partial charge in [-0.05, 0) is 25.2 Å². The van der Waals surface area contributed by atoms with Crippen LogP contribution in [0.3, 0.4) is 0 Å². The summed E-state index contributed by atoms with van der Waals surface area (Å²) in [5, 5.41) is 0. The molecular formula is C14H24O3. The summed E-state index contributed by atoms with van der Waals surface area (Å²) in [5.41, 5.74) is 0. The summed E-state index contributed by atoms with van der Waals surface area (Å²) in [7, 11) is 1.68. The zero-order valence-corrected chi connectivity index (χ0v) is 11.0. The van der Waals surface area contributed by atoms with Gasteiger partial charge in [-0.1, -0.05) is 26.2 Å². The second-order valence-electron chi connectivity index (χ2n) is 5.38. The minimum atomic E-state index is 0.00185. The number of hydrogen-bond donors (Lipinski definition) is 0. The van der Waals surface area contributed by atoms with E-state index in [4.69, 9.17) is 9.47 Å². The molecule has 1 heterocycles. The molecule has 0 N–H and O–H groups in total. The lowest BCUT2D eigenvalue weighted by molar-refractivity contribution is -0.121.